The molecule has 0 spiro atoms. The highest BCUT2D eigenvalue weighted by molar-refractivity contribution is 8.37. The van der Waals surface area contributed by atoms with Gasteiger partial charge in [0.05, 0.1) is 40.4 Å². The van der Waals surface area contributed by atoms with Gasteiger partial charge in [-0.1, -0.05) is 12.1 Å². The molecule has 5 nitrogen and oxygen atoms in total. The van der Waals surface area contributed by atoms with Crippen molar-refractivity contribution in [2.24, 2.45) is 0 Å². The lowest BCUT2D eigenvalue weighted by Crippen LogP contribution is -3.00. The van der Waals surface area contributed by atoms with Gasteiger partial charge in [-0.3, -0.25) is 0 Å². The van der Waals surface area contributed by atoms with Gasteiger partial charge in [0.1, 0.15) is 11.8 Å². The molecular weight excluding hydrogens is 1100 g/mol. The van der Waals surface area contributed by atoms with Crippen LogP contribution in [0.1, 0.15) is 42.0 Å². The number of hydrogen-bond acceptors (Lipinski definition) is 4. The molecule has 0 N–H and O–H groups in total. The number of ether oxygens (including phenoxy) is 4. The summed E-state index contributed by atoms with van der Waals surface area (Å²) in [4.78, 5) is 0. The van der Waals surface area contributed by atoms with Crippen LogP contribution in [0, 0.1) is 0 Å². The Morgan fingerprint density at radius 1 is 0.430 bits per heavy atom. The zero-order chi connectivity index (χ0) is 65.0. The molecule has 2 aliphatic heterocycles. The molecule has 4 rings (SSSR count). The van der Waals surface area contributed by atoms with Gasteiger partial charge in [0.25, 0.3) is 0 Å². The van der Waals surface area contributed by atoms with E-state index in [0.717, 1.165) is 53.3 Å². The van der Waals surface area contributed by atoms with Gasteiger partial charge in [0.2, 0.25) is 12.5 Å². The van der Waals surface area contributed by atoms with Gasteiger partial charge in [-0.2, -0.15) is 0 Å². The highest BCUT2D eigenvalue weighted by Crippen LogP contribution is 2.51. The molecular formula is C24H32B56INO4. The lowest BCUT2D eigenvalue weighted by atomic mass is 8.23. The molecule has 0 saturated heterocycles. The summed E-state index contributed by atoms with van der Waals surface area (Å²) >= 11 is 0. The number of nitrogens with zero attached hydrogens (tertiary/aromatic N) is 1. The van der Waals surface area contributed by atoms with Gasteiger partial charge in [-0.25, -0.2) is 0 Å². The minimum atomic E-state index is -1.48. The second-order valence-corrected chi connectivity index (χ2v) is 24.2. The summed E-state index contributed by atoms with van der Waals surface area (Å²) in [6.07, 6.45) is -31.5. The van der Waals surface area contributed by atoms with Crippen LogP contribution in [0.15, 0.2) is 30.3 Å². The lowest BCUT2D eigenvalue weighted by molar-refractivity contribution is -0.923. The quantitative estimate of drug-likeness (QED) is 0.0309. The summed E-state index contributed by atoms with van der Waals surface area (Å²) in [5, 5.41) is 0. The van der Waals surface area contributed by atoms with Crippen molar-refractivity contribution < 1.29 is 47.4 Å². The Labute approximate surface area is 588 Å². The van der Waals surface area contributed by atoms with Crippen molar-refractivity contribution in [3.8, 4) is 23.0 Å². The summed E-state index contributed by atoms with van der Waals surface area (Å²) < 4.78 is 23.5. The highest BCUT2D eigenvalue weighted by Gasteiger charge is 2.61. The minimum absolute atomic E-state index is 0. The molecule has 0 bridgehead atoms. The molecule has 0 amide bonds. The molecule has 2 aromatic rings. The first-order valence-electron chi connectivity index (χ1n) is 28.8. The Morgan fingerprint density at radius 3 is 1.08 bits per heavy atom. The van der Waals surface area contributed by atoms with E-state index in [0.29, 0.717) is 6.04 Å². The monoisotopic (exact) mass is 1140 g/mol. The van der Waals surface area contributed by atoms with Crippen LogP contribution in [0.3, 0.4) is 0 Å². The van der Waals surface area contributed by atoms with E-state index in [1.165, 1.54) is 29.5 Å². The van der Waals surface area contributed by atoms with Crippen LogP contribution in [0.5, 0.6) is 23.0 Å². The molecule has 1 unspecified atom stereocenters. The Bertz CT molecular complexity index is 2100. The molecule has 1 atom stereocenters. The van der Waals surface area contributed by atoms with Crippen molar-refractivity contribution in [3.05, 3.63) is 47.0 Å². The number of quaternary nitrogens is 1. The molecule has 2 heterocycles. The number of benzene rings is 2. The third-order valence-electron chi connectivity index (χ3n) is 18.0. The zero-order valence-electron chi connectivity index (χ0n) is 50.7. The van der Waals surface area contributed by atoms with Crippen LogP contribution in [0.2, 0.25) is 0 Å². The normalized spacial score (nSPS) is 12.7. The minimum Gasteiger partial charge on any atom is -1.00 e. The second-order valence-electron chi connectivity index (χ2n) is 24.2. The third-order valence-corrected chi connectivity index (χ3v) is 18.0. The first-order chi connectivity index (χ1) is 39.4. The van der Waals surface area contributed by atoms with E-state index < -0.39 is 172 Å². The number of halogens is 1. The zero-order valence-corrected chi connectivity index (χ0v) is 52.9. The molecule has 86 heavy (non-hydrogen) atoms. The lowest BCUT2D eigenvalue weighted by Gasteiger charge is -2.58. The maximum absolute atomic E-state index is 6.87. The third kappa shape index (κ3) is 21.7. The largest absolute Gasteiger partial charge is 1.00 e. The second kappa shape index (κ2) is 38.6. The molecule has 0 fully saturated rings. The molecule has 0 saturated carbocycles. The molecule has 0 aliphatic carbocycles. The topological polar surface area (TPSA) is 36.9 Å². The van der Waals surface area contributed by atoms with Crippen molar-refractivity contribution in [1.29, 1.82) is 0 Å². The van der Waals surface area contributed by atoms with E-state index in [-0.39, 0.29) is 30.8 Å². The maximum Gasteiger partial charge on any atom is 0.231 e. The van der Waals surface area contributed by atoms with Crippen molar-refractivity contribution >= 4 is 397 Å². The van der Waals surface area contributed by atoms with E-state index in [1.54, 1.807) is 14.2 Å². The number of methoxy groups -OCH3 is 2. The molecule has 62 heteroatoms. The first-order valence-corrected chi connectivity index (χ1v) is 28.8. The van der Waals surface area contributed by atoms with Gasteiger partial charge in [0.15, 0.2) is 11.5 Å². The number of aryl methyl sites for hydroxylation is 1. The standard InChI is InChI=1S/C24H32NO4.B56.HI/c1-25(2)14-13-18-15-21-23(29-16-28-21)24(27-4)22(18)20(25)8-6-5-7-17-9-11-19(26-3)12-10-17;1-30(2)44(29)51(43(27)28)55(52(45(31(3)4)32(5)6)46(33(7)8)34(9)10)56(53(47(35(11)12)36(13)14)48(37(15)16)38(17)18)54(49(39(19)20)40(21)22)50(41(23)24)42(25)26;/h9-12,15,20H,5-8,13-14,16H2,1-4H3;;1H/q+1;;/p-1. The van der Waals surface area contributed by atoms with Crippen LogP contribution in [-0.4, -0.2) is 443 Å². The molecule has 0 aromatic heterocycles. The smallest absolute Gasteiger partial charge is 0.231 e. The number of unbranched alkanes of at least 4 members (excludes halogenated alkanes) is 1. The molecule has 2 aliphatic rings. The Kier molecular flexibility index (Phi) is 37.8. The summed E-state index contributed by atoms with van der Waals surface area (Å²) in [6, 6.07) is 11.0. The summed E-state index contributed by atoms with van der Waals surface area (Å²) in [5.41, 5.74) is 4.03. The first kappa shape index (κ1) is 84.1. The summed E-state index contributed by atoms with van der Waals surface area (Å²) in [5.74, 6) is 3.39. The van der Waals surface area contributed by atoms with Gasteiger partial charge >= 0.3 is 0 Å². The van der Waals surface area contributed by atoms with E-state index in [4.69, 9.17) is 243 Å². The van der Waals surface area contributed by atoms with Crippen LogP contribution in [-0.2, 0) is 12.8 Å². The summed E-state index contributed by atoms with van der Waals surface area (Å²) in [6.45, 7) is 1.40. The predicted octanol–water partition coefficient (Wildman–Crippen LogP) is -19.8. The fourth-order valence-corrected chi connectivity index (χ4v) is 14.2. The summed E-state index contributed by atoms with van der Waals surface area (Å²) in [7, 11) is 197. The fourth-order valence-electron chi connectivity index (χ4n) is 14.2. The van der Waals surface area contributed by atoms with Crippen molar-refractivity contribution in [2.75, 3.05) is 41.7 Å². The van der Waals surface area contributed by atoms with Crippen LogP contribution in [0.25, 0.3) is 0 Å². The van der Waals surface area contributed by atoms with E-state index in [2.05, 4.69) is 32.3 Å². The number of hydrogen-bond donors (Lipinski definition) is 0. The average molecular weight is 1130 g/mol. The molecule has 58 radical (unpaired) electrons. The van der Waals surface area contributed by atoms with Crippen molar-refractivity contribution in [3.63, 3.8) is 0 Å². The van der Waals surface area contributed by atoms with Crippen molar-refractivity contribution in [1.82, 2.24) is 0 Å². The average Bonchev–Trinajstić information content (AvgIpc) is 1.14. The van der Waals surface area contributed by atoms with Gasteiger partial charge < -0.3 is 47.4 Å². The maximum atomic E-state index is 6.87. The number of likely N-dealkylation sites (N-methyl/N-ethyl adjacent to an activating group) is 1. The Hall–Kier alpha value is 1.97. The van der Waals surface area contributed by atoms with Gasteiger partial charge in [-0.15, -0.1) is 0 Å². The van der Waals surface area contributed by atoms with Crippen molar-refractivity contribution in [2.45, 2.75) is 38.1 Å². The van der Waals surface area contributed by atoms with Crippen LogP contribution in [0.4, 0.5) is 0 Å². The van der Waals surface area contributed by atoms with Crippen LogP contribution < -0.4 is 42.9 Å². The Morgan fingerprint density at radius 2 is 0.767 bits per heavy atom. The molecule has 332 valence electrons. The van der Waals surface area contributed by atoms with Gasteiger partial charge in [0, 0.05) is 410 Å². The Balaban J connectivity index is 0.000000694. The predicted molar refractivity (Wildman–Crippen MR) is 435 cm³/mol. The van der Waals surface area contributed by atoms with E-state index in [9.17, 15) is 0 Å². The van der Waals surface area contributed by atoms with E-state index in [1.807, 2.05) is 12.1 Å². The van der Waals surface area contributed by atoms with Gasteiger partial charge in [-0.05, 0) is 48.6 Å². The fraction of sp³-hybridized carbons (Fsp3) is 0.500. The number of rotatable bonds is 33. The van der Waals surface area contributed by atoms with Crippen LogP contribution >= 0.6 is 0 Å². The number of fused-ring (bicyclic) bond motifs is 2. The van der Waals surface area contributed by atoms with E-state index >= 15 is 0 Å². The highest BCUT2D eigenvalue weighted by atomic mass is 127. The SMILES string of the molecule is COc1ccc(CCCCC2c3c(cc4c(c3OC)OCO4)CC[N+]2(C)C)cc1.[B]B([B])B([B])B(B([B])[B])B(B(B(B([B])[B])B([B])[B])B(B([B])[B])B([B])[B])B(B(B(B([B])[B])B([B])[B])B(B([B])[B])B([B])[B])B(B(B([B])[B])B([B])[B])B(B([B])[B])B([B])[B].[I-]. The molecule has 2 aromatic carbocycles.